The fourth-order valence-corrected chi connectivity index (χ4v) is 3.18. The number of benzene rings is 1. The summed E-state index contributed by atoms with van der Waals surface area (Å²) < 4.78 is 5.68. The zero-order valence-electron chi connectivity index (χ0n) is 10.7. The van der Waals surface area contributed by atoms with Crippen LogP contribution in [0.15, 0.2) is 18.2 Å². The highest BCUT2D eigenvalue weighted by Gasteiger charge is 2.12. The van der Waals surface area contributed by atoms with Crippen LogP contribution in [0.2, 0.25) is 0 Å². The van der Waals surface area contributed by atoms with Crippen LogP contribution in [0.5, 0.6) is 0 Å². The molecule has 1 aromatic rings. The summed E-state index contributed by atoms with van der Waals surface area (Å²) in [5.41, 5.74) is 4.14. The zero-order chi connectivity index (χ0) is 12.1. The molecule has 1 aromatic carbocycles. The maximum Gasteiger partial charge on any atom is 0.0790 e. The second-order valence-electron chi connectivity index (χ2n) is 4.71. The van der Waals surface area contributed by atoms with Crippen molar-refractivity contribution in [2.45, 2.75) is 25.7 Å². The number of thioether (sulfide) groups is 1. The molecule has 0 radical (unpaired) electrons. The van der Waals surface area contributed by atoms with Crippen LogP contribution in [-0.4, -0.2) is 31.6 Å². The highest BCUT2D eigenvalue weighted by molar-refractivity contribution is 7.98. The molecule has 0 aromatic heterocycles. The lowest BCUT2D eigenvalue weighted by molar-refractivity contribution is 0.0441. The van der Waals surface area contributed by atoms with Gasteiger partial charge < -0.3 is 10.1 Å². The average molecular weight is 251 g/mol. The standard InChI is InChI=1S/C14H21NOS/c1-11-5-12(2)7-13(6-11)9-17-10-14-8-15-3-4-16-14/h5-7,14-15H,3-4,8-10H2,1-2H3. The van der Waals surface area contributed by atoms with Crippen molar-refractivity contribution in [2.75, 3.05) is 25.4 Å². The van der Waals surface area contributed by atoms with Gasteiger partial charge >= 0.3 is 0 Å². The van der Waals surface area contributed by atoms with Crippen LogP contribution in [-0.2, 0) is 10.5 Å². The Morgan fingerprint density at radius 3 is 2.71 bits per heavy atom. The van der Waals surface area contributed by atoms with E-state index in [2.05, 4.69) is 37.4 Å². The lowest BCUT2D eigenvalue weighted by Gasteiger charge is -2.23. The van der Waals surface area contributed by atoms with Crippen LogP contribution in [0.1, 0.15) is 16.7 Å². The first-order chi connectivity index (χ1) is 8.24. The van der Waals surface area contributed by atoms with Gasteiger partial charge in [-0.25, -0.2) is 0 Å². The predicted molar refractivity (Wildman–Crippen MR) is 74.7 cm³/mol. The van der Waals surface area contributed by atoms with E-state index >= 15 is 0 Å². The molecule has 1 saturated heterocycles. The van der Waals surface area contributed by atoms with Crippen LogP contribution in [0.25, 0.3) is 0 Å². The maximum absolute atomic E-state index is 5.68. The Balaban J connectivity index is 1.77. The lowest BCUT2D eigenvalue weighted by Crippen LogP contribution is -2.39. The van der Waals surface area contributed by atoms with Crippen molar-refractivity contribution in [3.8, 4) is 0 Å². The minimum absolute atomic E-state index is 0.389. The van der Waals surface area contributed by atoms with E-state index < -0.39 is 0 Å². The summed E-state index contributed by atoms with van der Waals surface area (Å²) in [7, 11) is 0. The van der Waals surface area contributed by atoms with Gasteiger partial charge in [-0.3, -0.25) is 0 Å². The highest BCUT2D eigenvalue weighted by Crippen LogP contribution is 2.17. The SMILES string of the molecule is Cc1cc(C)cc(CSCC2CNCCO2)c1. The second kappa shape index (κ2) is 6.43. The van der Waals surface area contributed by atoms with Gasteiger partial charge in [0.25, 0.3) is 0 Å². The Hall–Kier alpha value is -0.510. The van der Waals surface area contributed by atoms with Crippen LogP contribution in [0.3, 0.4) is 0 Å². The molecule has 1 aliphatic heterocycles. The molecule has 1 aliphatic rings. The van der Waals surface area contributed by atoms with E-state index in [4.69, 9.17) is 4.74 Å². The van der Waals surface area contributed by atoms with E-state index in [9.17, 15) is 0 Å². The molecule has 3 heteroatoms. The summed E-state index contributed by atoms with van der Waals surface area (Å²) in [6.45, 7) is 7.18. The smallest absolute Gasteiger partial charge is 0.0790 e. The molecule has 2 nitrogen and oxygen atoms in total. The normalized spacial score (nSPS) is 20.5. The molecule has 0 amide bonds. The van der Waals surface area contributed by atoms with Crippen LogP contribution in [0.4, 0.5) is 0 Å². The predicted octanol–water partition coefficient (Wildman–Crippen LogP) is 2.53. The number of aryl methyl sites for hydroxylation is 2. The van der Waals surface area contributed by atoms with E-state index in [1.54, 1.807) is 0 Å². The highest BCUT2D eigenvalue weighted by atomic mass is 32.2. The van der Waals surface area contributed by atoms with E-state index in [-0.39, 0.29) is 0 Å². The van der Waals surface area contributed by atoms with E-state index in [0.29, 0.717) is 6.10 Å². The molecule has 0 aliphatic carbocycles. The van der Waals surface area contributed by atoms with Gasteiger partial charge in [0.05, 0.1) is 12.7 Å². The fraction of sp³-hybridized carbons (Fsp3) is 0.571. The Labute approximate surface area is 108 Å². The number of rotatable bonds is 4. The molecule has 0 spiro atoms. The van der Waals surface area contributed by atoms with Gasteiger partial charge in [-0.2, -0.15) is 11.8 Å². The third kappa shape index (κ3) is 4.34. The minimum Gasteiger partial charge on any atom is -0.375 e. The van der Waals surface area contributed by atoms with E-state index in [0.717, 1.165) is 31.2 Å². The van der Waals surface area contributed by atoms with Gasteiger partial charge in [0.1, 0.15) is 0 Å². The van der Waals surface area contributed by atoms with E-state index in [1.807, 2.05) is 11.8 Å². The molecule has 94 valence electrons. The van der Waals surface area contributed by atoms with Gasteiger partial charge in [0.2, 0.25) is 0 Å². The summed E-state index contributed by atoms with van der Waals surface area (Å²) in [6.07, 6.45) is 0.389. The minimum atomic E-state index is 0.389. The zero-order valence-corrected chi connectivity index (χ0v) is 11.5. The van der Waals surface area contributed by atoms with Gasteiger partial charge in [-0.1, -0.05) is 29.3 Å². The number of hydrogen-bond acceptors (Lipinski definition) is 3. The molecule has 0 saturated carbocycles. The van der Waals surface area contributed by atoms with Crippen LogP contribution in [0, 0.1) is 13.8 Å². The summed E-state index contributed by atoms with van der Waals surface area (Å²) in [6, 6.07) is 6.78. The number of ether oxygens (including phenoxy) is 1. The summed E-state index contributed by atoms with van der Waals surface area (Å²) in [5, 5.41) is 3.36. The van der Waals surface area contributed by atoms with Crippen molar-refractivity contribution in [2.24, 2.45) is 0 Å². The first-order valence-corrected chi connectivity index (χ1v) is 7.37. The quantitative estimate of drug-likeness (QED) is 0.888. The third-order valence-electron chi connectivity index (χ3n) is 2.86. The molecule has 1 atom stereocenters. The van der Waals surface area contributed by atoms with Gasteiger partial charge in [0, 0.05) is 24.6 Å². The lowest BCUT2D eigenvalue weighted by atomic mass is 10.1. The third-order valence-corrected chi connectivity index (χ3v) is 4.00. The Bertz CT molecular complexity index is 341. The Morgan fingerprint density at radius 2 is 2.06 bits per heavy atom. The molecular weight excluding hydrogens is 230 g/mol. The molecule has 2 rings (SSSR count). The van der Waals surface area contributed by atoms with Crippen LogP contribution >= 0.6 is 11.8 Å². The first kappa shape index (κ1) is 12.9. The van der Waals surface area contributed by atoms with E-state index in [1.165, 1.54) is 16.7 Å². The summed E-state index contributed by atoms with van der Waals surface area (Å²) in [4.78, 5) is 0. The van der Waals surface area contributed by atoms with Crippen molar-refractivity contribution in [3.05, 3.63) is 34.9 Å². The fourth-order valence-electron chi connectivity index (χ4n) is 2.19. The Morgan fingerprint density at radius 1 is 1.29 bits per heavy atom. The number of hydrogen-bond donors (Lipinski definition) is 1. The number of morpholine rings is 1. The molecule has 1 unspecified atom stereocenters. The van der Waals surface area contributed by atoms with Crippen LogP contribution < -0.4 is 5.32 Å². The molecule has 17 heavy (non-hydrogen) atoms. The molecule has 1 heterocycles. The second-order valence-corrected chi connectivity index (χ2v) is 5.74. The van der Waals surface area contributed by atoms with Crippen molar-refractivity contribution in [1.82, 2.24) is 5.32 Å². The molecular formula is C14H21NOS. The van der Waals surface area contributed by atoms with Crippen molar-refractivity contribution >= 4 is 11.8 Å². The average Bonchev–Trinajstić information content (AvgIpc) is 2.29. The molecule has 1 N–H and O–H groups in total. The van der Waals surface area contributed by atoms with Crippen molar-refractivity contribution < 1.29 is 4.74 Å². The number of nitrogens with one attached hydrogen (secondary N) is 1. The maximum atomic E-state index is 5.68. The Kier molecular flexibility index (Phi) is 4.89. The summed E-state index contributed by atoms with van der Waals surface area (Å²) in [5.74, 6) is 2.17. The molecule has 1 fully saturated rings. The van der Waals surface area contributed by atoms with Gasteiger partial charge in [0.15, 0.2) is 0 Å². The van der Waals surface area contributed by atoms with Crippen molar-refractivity contribution in [1.29, 1.82) is 0 Å². The monoisotopic (exact) mass is 251 g/mol. The van der Waals surface area contributed by atoms with Gasteiger partial charge in [-0.05, 0) is 19.4 Å². The van der Waals surface area contributed by atoms with Gasteiger partial charge in [-0.15, -0.1) is 0 Å². The molecule has 0 bridgehead atoms. The largest absolute Gasteiger partial charge is 0.375 e. The topological polar surface area (TPSA) is 21.3 Å². The first-order valence-electron chi connectivity index (χ1n) is 6.21. The van der Waals surface area contributed by atoms with Crippen molar-refractivity contribution in [3.63, 3.8) is 0 Å². The summed E-state index contributed by atoms with van der Waals surface area (Å²) >= 11 is 1.97.